The number of nitrogens with zero attached hydrogens (tertiary/aromatic N) is 3. The van der Waals surface area contributed by atoms with Crippen molar-refractivity contribution in [1.82, 2.24) is 14.9 Å². The lowest BCUT2D eigenvalue weighted by Gasteiger charge is -2.14. The predicted octanol–water partition coefficient (Wildman–Crippen LogP) is 1.00. The van der Waals surface area contributed by atoms with Gasteiger partial charge in [0, 0.05) is 31.3 Å². The number of rotatable bonds is 5. The molecule has 0 bridgehead atoms. The summed E-state index contributed by atoms with van der Waals surface area (Å²) in [7, 11) is 0. The van der Waals surface area contributed by atoms with Crippen molar-refractivity contribution in [3.63, 3.8) is 0 Å². The molecule has 0 spiro atoms. The number of anilines is 1. The van der Waals surface area contributed by atoms with Crippen LogP contribution in [-0.4, -0.2) is 33.9 Å². The molecule has 2 rings (SSSR count). The summed E-state index contributed by atoms with van der Waals surface area (Å²) in [6, 6.07) is 1.81. The molecule has 92 valence electrons. The Morgan fingerprint density at radius 1 is 1.35 bits per heavy atom. The van der Waals surface area contributed by atoms with E-state index in [9.17, 15) is 4.79 Å². The van der Waals surface area contributed by atoms with Gasteiger partial charge in [0.05, 0.1) is 0 Å². The molecule has 1 aromatic rings. The van der Waals surface area contributed by atoms with Crippen LogP contribution in [0.3, 0.4) is 0 Å². The number of carbonyl (C=O) groups is 1. The molecule has 2 heterocycles. The average Bonchev–Trinajstić information content (AvgIpc) is 2.71. The third-order valence-corrected chi connectivity index (χ3v) is 3.03. The van der Waals surface area contributed by atoms with Crippen LogP contribution in [0.15, 0.2) is 12.4 Å². The number of aryl methyl sites for hydroxylation is 1. The Morgan fingerprint density at radius 3 is 2.94 bits per heavy atom. The maximum Gasteiger partial charge on any atom is 0.222 e. The van der Waals surface area contributed by atoms with Gasteiger partial charge in [-0.1, -0.05) is 0 Å². The first-order valence-electron chi connectivity index (χ1n) is 6.10. The Hall–Kier alpha value is -1.65. The van der Waals surface area contributed by atoms with E-state index in [2.05, 4.69) is 9.97 Å². The van der Waals surface area contributed by atoms with Crippen molar-refractivity contribution in [3.05, 3.63) is 18.1 Å². The van der Waals surface area contributed by atoms with Gasteiger partial charge in [-0.05, 0) is 25.7 Å². The summed E-state index contributed by atoms with van der Waals surface area (Å²) < 4.78 is 0. The molecule has 2 N–H and O–H groups in total. The third-order valence-electron chi connectivity index (χ3n) is 3.03. The minimum Gasteiger partial charge on any atom is -0.384 e. The summed E-state index contributed by atoms with van der Waals surface area (Å²) in [6.07, 6.45) is 6.18. The van der Waals surface area contributed by atoms with E-state index in [1.54, 1.807) is 6.07 Å². The first-order chi connectivity index (χ1) is 8.25. The summed E-state index contributed by atoms with van der Waals surface area (Å²) in [4.78, 5) is 21.3. The second-order valence-electron chi connectivity index (χ2n) is 4.38. The third kappa shape index (κ3) is 3.41. The summed E-state index contributed by atoms with van der Waals surface area (Å²) in [6.45, 7) is 1.80. The monoisotopic (exact) mass is 234 g/mol. The van der Waals surface area contributed by atoms with E-state index in [0.29, 0.717) is 11.7 Å². The second kappa shape index (κ2) is 5.61. The van der Waals surface area contributed by atoms with Crippen LogP contribution >= 0.6 is 0 Å². The highest BCUT2D eigenvalue weighted by atomic mass is 16.2. The highest BCUT2D eigenvalue weighted by molar-refractivity contribution is 5.77. The zero-order chi connectivity index (χ0) is 12.1. The molecule has 1 aromatic heterocycles. The van der Waals surface area contributed by atoms with Crippen LogP contribution < -0.4 is 5.73 Å². The molecule has 1 aliphatic rings. The van der Waals surface area contributed by atoms with Gasteiger partial charge in [-0.25, -0.2) is 9.97 Å². The fourth-order valence-electron chi connectivity index (χ4n) is 2.10. The number of amides is 1. The van der Waals surface area contributed by atoms with Crippen LogP contribution in [0.5, 0.6) is 0 Å². The van der Waals surface area contributed by atoms with E-state index < -0.39 is 0 Å². The molecule has 1 saturated heterocycles. The first kappa shape index (κ1) is 11.8. The van der Waals surface area contributed by atoms with Crippen molar-refractivity contribution in [2.75, 3.05) is 18.8 Å². The van der Waals surface area contributed by atoms with Crippen molar-refractivity contribution >= 4 is 11.7 Å². The number of nitrogen functional groups attached to an aromatic ring is 1. The second-order valence-corrected chi connectivity index (χ2v) is 4.38. The van der Waals surface area contributed by atoms with Crippen LogP contribution in [0.25, 0.3) is 0 Å². The molecule has 5 heteroatoms. The maximum atomic E-state index is 11.4. The van der Waals surface area contributed by atoms with Gasteiger partial charge < -0.3 is 10.6 Å². The Morgan fingerprint density at radius 2 is 2.24 bits per heavy atom. The molecule has 0 unspecified atom stereocenters. The predicted molar refractivity (Wildman–Crippen MR) is 65.2 cm³/mol. The summed E-state index contributed by atoms with van der Waals surface area (Å²) in [5, 5.41) is 0. The zero-order valence-electron chi connectivity index (χ0n) is 9.93. The molecule has 5 nitrogen and oxygen atoms in total. The molecule has 0 saturated carbocycles. The quantitative estimate of drug-likeness (QED) is 0.771. The van der Waals surface area contributed by atoms with Gasteiger partial charge >= 0.3 is 0 Å². The molecule has 0 atom stereocenters. The number of carbonyl (C=O) groups excluding carboxylic acids is 1. The van der Waals surface area contributed by atoms with Crippen LogP contribution in [-0.2, 0) is 11.2 Å². The van der Waals surface area contributed by atoms with Gasteiger partial charge in [0.2, 0.25) is 5.91 Å². The Balaban J connectivity index is 1.68. The largest absolute Gasteiger partial charge is 0.384 e. The van der Waals surface area contributed by atoms with Gasteiger partial charge in [0.15, 0.2) is 0 Å². The van der Waals surface area contributed by atoms with Crippen molar-refractivity contribution in [2.24, 2.45) is 0 Å². The first-order valence-corrected chi connectivity index (χ1v) is 6.10. The van der Waals surface area contributed by atoms with E-state index in [0.717, 1.165) is 50.9 Å². The Bertz CT molecular complexity index is 394. The van der Waals surface area contributed by atoms with E-state index in [4.69, 9.17) is 5.73 Å². The van der Waals surface area contributed by atoms with Crippen LogP contribution in [0, 0.1) is 0 Å². The van der Waals surface area contributed by atoms with Gasteiger partial charge in [0.25, 0.3) is 0 Å². The van der Waals surface area contributed by atoms with Gasteiger partial charge in [-0.2, -0.15) is 0 Å². The molecule has 0 aromatic carbocycles. The van der Waals surface area contributed by atoms with Crippen LogP contribution in [0.4, 0.5) is 5.82 Å². The topological polar surface area (TPSA) is 72.1 Å². The van der Waals surface area contributed by atoms with E-state index in [1.165, 1.54) is 6.33 Å². The number of hydrogen-bond donors (Lipinski definition) is 1. The normalized spacial score (nSPS) is 15.5. The summed E-state index contributed by atoms with van der Waals surface area (Å²) >= 11 is 0. The van der Waals surface area contributed by atoms with E-state index in [-0.39, 0.29) is 0 Å². The number of nitrogens with two attached hydrogens (primary N) is 1. The van der Waals surface area contributed by atoms with Gasteiger partial charge in [0.1, 0.15) is 12.1 Å². The average molecular weight is 234 g/mol. The van der Waals surface area contributed by atoms with Crippen molar-refractivity contribution in [1.29, 1.82) is 0 Å². The molecule has 1 fully saturated rings. The lowest BCUT2D eigenvalue weighted by Crippen LogP contribution is -2.25. The number of unbranched alkanes of at least 4 members (excludes halogenated alkanes) is 1. The minimum absolute atomic E-state index is 0.302. The minimum atomic E-state index is 0.302. The highest BCUT2D eigenvalue weighted by Crippen LogP contribution is 2.11. The number of likely N-dealkylation sites (tertiary alicyclic amines) is 1. The lowest BCUT2D eigenvalue weighted by atomic mass is 10.2. The highest BCUT2D eigenvalue weighted by Gasteiger charge is 2.18. The van der Waals surface area contributed by atoms with Crippen LogP contribution in [0.2, 0.25) is 0 Å². The van der Waals surface area contributed by atoms with Crippen molar-refractivity contribution in [3.8, 4) is 0 Å². The van der Waals surface area contributed by atoms with E-state index in [1.807, 2.05) is 4.90 Å². The van der Waals surface area contributed by atoms with Crippen molar-refractivity contribution < 1.29 is 4.79 Å². The van der Waals surface area contributed by atoms with Crippen molar-refractivity contribution in [2.45, 2.75) is 32.1 Å². The van der Waals surface area contributed by atoms with Gasteiger partial charge in [-0.15, -0.1) is 0 Å². The molecule has 0 aliphatic carbocycles. The van der Waals surface area contributed by atoms with E-state index >= 15 is 0 Å². The molecule has 1 amide bonds. The fourth-order valence-corrected chi connectivity index (χ4v) is 2.10. The van der Waals surface area contributed by atoms with Gasteiger partial charge in [-0.3, -0.25) is 4.79 Å². The standard InChI is InChI=1S/C12H18N4O/c13-11-8-10(14-9-15-11)4-1-2-6-16-7-3-5-12(16)17/h8-9H,1-7H2,(H2,13,14,15). The zero-order valence-corrected chi connectivity index (χ0v) is 9.93. The molecular weight excluding hydrogens is 216 g/mol. The van der Waals surface area contributed by atoms with Crippen LogP contribution in [0.1, 0.15) is 31.4 Å². The lowest BCUT2D eigenvalue weighted by molar-refractivity contribution is -0.127. The fraction of sp³-hybridized carbons (Fsp3) is 0.583. The Kier molecular flexibility index (Phi) is 3.90. The summed E-state index contributed by atoms with van der Waals surface area (Å²) in [5.41, 5.74) is 6.55. The summed E-state index contributed by atoms with van der Waals surface area (Å²) in [5.74, 6) is 0.820. The molecule has 17 heavy (non-hydrogen) atoms. The smallest absolute Gasteiger partial charge is 0.222 e. The number of hydrogen-bond acceptors (Lipinski definition) is 4. The maximum absolute atomic E-state index is 11.4. The molecular formula is C12H18N4O. The Labute approximate surface area is 101 Å². The number of aromatic nitrogens is 2. The molecule has 0 radical (unpaired) electrons. The molecule has 1 aliphatic heterocycles. The SMILES string of the molecule is Nc1cc(CCCCN2CCCC2=O)ncn1.